The summed E-state index contributed by atoms with van der Waals surface area (Å²) in [5, 5.41) is 8.96. The Labute approximate surface area is 192 Å². The van der Waals surface area contributed by atoms with Gasteiger partial charge >= 0.3 is 0 Å². The van der Waals surface area contributed by atoms with Crippen LogP contribution in [-0.2, 0) is 4.79 Å². The van der Waals surface area contributed by atoms with Crippen molar-refractivity contribution in [3.8, 4) is 0 Å². The van der Waals surface area contributed by atoms with Gasteiger partial charge in [0.15, 0.2) is 0 Å². The fourth-order valence-electron chi connectivity index (χ4n) is 5.43. The van der Waals surface area contributed by atoms with Crippen LogP contribution in [0.4, 0.5) is 5.69 Å². The lowest BCUT2D eigenvalue weighted by Crippen LogP contribution is -2.38. The van der Waals surface area contributed by atoms with Crippen molar-refractivity contribution in [3.05, 3.63) is 90.0 Å². The van der Waals surface area contributed by atoms with Gasteiger partial charge in [0.05, 0.1) is 22.3 Å². The van der Waals surface area contributed by atoms with E-state index >= 15 is 0 Å². The van der Waals surface area contributed by atoms with E-state index in [9.17, 15) is 4.79 Å². The number of fused-ring (bicyclic) bond motifs is 1. The van der Waals surface area contributed by atoms with Gasteiger partial charge in [0.2, 0.25) is 5.91 Å². The number of pyridine rings is 2. The maximum atomic E-state index is 14.4. The zero-order valence-corrected chi connectivity index (χ0v) is 18.6. The van der Waals surface area contributed by atoms with Gasteiger partial charge in [-0.2, -0.15) is 0 Å². The molecular formula is C27H25N5O. The summed E-state index contributed by atoms with van der Waals surface area (Å²) in [7, 11) is 0. The third kappa shape index (κ3) is 3.01. The minimum atomic E-state index is -0.600. The summed E-state index contributed by atoms with van der Waals surface area (Å²) >= 11 is 0. The van der Waals surface area contributed by atoms with Crippen LogP contribution in [0, 0.1) is 12.3 Å². The molecule has 6 heteroatoms. The number of carbonyl (C=O) groups is 1. The van der Waals surface area contributed by atoms with Gasteiger partial charge in [-0.3, -0.25) is 14.7 Å². The highest BCUT2D eigenvalue weighted by atomic mass is 16.2. The van der Waals surface area contributed by atoms with E-state index in [1.807, 2.05) is 59.6 Å². The largest absolute Gasteiger partial charge is 0.278 e. The Balaban J connectivity index is 1.70. The van der Waals surface area contributed by atoms with Crippen LogP contribution in [0.3, 0.4) is 0 Å². The average Bonchev–Trinajstić information content (AvgIpc) is 3.38. The van der Waals surface area contributed by atoms with E-state index in [-0.39, 0.29) is 5.91 Å². The summed E-state index contributed by atoms with van der Waals surface area (Å²) < 4.78 is 1.77. The van der Waals surface area contributed by atoms with Gasteiger partial charge in [-0.05, 0) is 56.2 Å². The maximum Gasteiger partial charge on any atom is 0.242 e. The van der Waals surface area contributed by atoms with E-state index in [1.165, 1.54) is 0 Å². The number of rotatable bonds is 3. The number of carbonyl (C=O) groups excluding carboxylic acids is 1. The molecule has 0 radical (unpaired) electrons. The van der Waals surface area contributed by atoms with Crippen molar-refractivity contribution in [1.82, 2.24) is 19.8 Å². The second kappa shape index (κ2) is 7.66. The first kappa shape index (κ1) is 19.9. The molecule has 1 amide bonds. The van der Waals surface area contributed by atoms with Gasteiger partial charge < -0.3 is 0 Å². The molecule has 1 aromatic carbocycles. The molecule has 6 rings (SSSR count). The van der Waals surface area contributed by atoms with Crippen molar-refractivity contribution >= 4 is 28.4 Å². The van der Waals surface area contributed by atoms with Crippen molar-refractivity contribution < 1.29 is 4.79 Å². The number of hydrogen-bond acceptors (Lipinski definition) is 4. The van der Waals surface area contributed by atoms with Crippen molar-refractivity contribution in [2.24, 2.45) is 5.41 Å². The van der Waals surface area contributed by atoms with Gasteiger partial charge in [-0.15, -0.1) is 5.10 Å². The predicted octanol–water partition coefficient (Wildman–Crippen LogP) is 5.30. The second-order valence-electron chi connectivity index (χ2n) is 9.03. The van der Waals surface area contributed by atoms with Crippen molar-refractivity contribution in [2.75, 3.05) is 4.90 Å². The fourth-order valence-corrected chi connectivity index (χ4v) is 5.43. The summed E-state index contributed by atoms with van der Waals surface area (Å²) in [5.41, 5.74) is 5.64. The topological polar surface area (TPSA) is 63.4 Å². The lowest BCUT2D eigenvalue weighted by atomic mass is 9.68. The first-order chi connectivity index (χ1) is 16.2. The van der Waals surface area contributed by atoms with Crippen LogP contribution < -0.4 is 4.90 Å². The zero-order chi connectivity index (χ0) is 22.4. The van der Waals surface area contributed by atoms with Gasteiger partial charge in [0.1, 0.15) is 5.69 Å². The highest BCUT2D eigenvalue weighted by Crippen LogP contribution is 2.57. The van der Waals surface area contributed by atoms with Crippen LogP contribution >= 0.6 is 0 Å². The molecule has 0 N–H and O–H groups in total. The lowest BCUT2D eigenvalue weighted by molar-refractivity contribution is -0.125. The zero-order valence-electron chi connectivity index (χ0n) is 18.6. The monoisotopic (exact) mass is 435 g/mol. The van der Waals surface area contributed by atoms with Crippen LogP contribution in [0.2, 0.25) is 0 Å². The quantitative estimate of drug-likeness (QED) is 0.438. The molecule has 164 valence electrons. The molecule has 3 aromatic heterocycles. The molecule has 1 aliphatic carbocycles. The predicted molar refractivity (Wildman–Crippen MR) is 128 cm³/mol. The Hall–Kier alpha value is -3.80. The van der Waals surface area contributed by atoms with Gasteiger partial charge in [-0.1, -0.05) is 54.3 Å². The lowest BCUT2D eigenvalue weighted by Gasteiger charge is -2.34. The maximum absolute atomic E-state index is 14.4. The van der Waals surface area contributed by atoms with Crippen LogP contribution in [0.25, 0.3) is 16.8 Å². The molecule has 4 aromatic rings. The van der Waals surface area contributed by atoms with Crippen molar-refractivity contribution in [2.45, 2.75) is 39.0 Å². The van der Waals surface area contributed by atoms with Gasteiger partial charge in [-0.25, -0.2) is 4.52 Å². The average molecular weight is 436 g/mol. The molecule has 6 nitrogen and oxygen atoms in total. The second-order valence-corrected chi connectivity index (χ2v) is 9.03. The standard InChI is InChI=1S/C27H25N5O/c1-19-11-13-20(14-12-19)32-25(24-22-10-4-8-18-31(22)30-29-24)23(21-9-3-7-17-28-21)27(26(32)33)15-5-2-6-16-27/h3-4,7-14,17-18H,2,5-6,15-16H2,1H3. The molecule has 4 heterocycles. The number of aromatic nitrogens is 4. The summed E-state index contributed by atoms with van der Waals surface area (Å²) in [4.78, 5) is 21.0. The summed E-state index contributed by atoms with van der Waals surface area (Å²) in [5.74, 6) is 0.124. The van der Waals surface area contributed by atoms with Crippen LogP contribution in [0.15, 0.2) is 73.1 Å². The Morgan fingerprint density at radius 1 is 0.909 bits per heavy atom. The molecule has 33 heavy (non-hydrogen) atoms. The van der Waals surface area contributed by atoms with E-state index in [0.29, 0.717) is 5.69 Å². The van der Waals surface area contributed by atoms with Crippen molar-refractivity contribution in [1.29, 1.82) is 0 Å². The third-order valence-electron chi connectivity index (χ3n) is 7.02. The number of hydrogen-bond donors (Lipinski definition) is 0. The summed E-state index contributed by atoms with van der Waals surface area (Å²) in [6, 6.07) is 20.0. The minimum absolute atomic E-state index is 0.124. The van der Waals surface area contributed by atoms with Gasteiger partial charge in [0.25, 0.3) is 0 Å². The number of nitrogens with zero attached hydrogens (tertiary/aromatic N) is 5. The van der Waals surface area contributed by atoms with E-state index in [2.05, 4.69) is 29.4 Å². The van der Waals surface area contributed by atoms with Crippen LogP contribution in [0.5, 0.6) is 0 Å². The van der Waals surface area contributed by atoms with Crippen LogP contribution in [0.1, 0.15) is 49.1 Å². The Kier molecular flexibility index (Phi) is 4.61. The molecule has 0 atom stereocenters. The Bertz CT molecular complexity index is 1360. The molecule has 1 saturated carbocycles. The summed E-state index contributed by atoms with van der Waals surface area (Å²) in [6.07, 6.45) is 8.54. The molecule has 2 aliphatic rings. The number of amides is 1. The number of aryl methyl sites for hydroxylation is 1. The Morgan fingerprint density at radius 2 is 1.70 bits per heavy atom. The van der Waals surface area contributed by atoms with Gasteiger partial charge in [0, 0.05) is 23.7 Å². The Morgan fingerprint density at radius 3 is 2.45 bits per heavy atom. The normalized spacial score (nSPS) is 18.0. The SMILES string of the molecule is Cc1ccc(N2C(=O)C3(CCCCC3)C(c3ccccn3)=C2c2nnn3ccccc23)cc1. The smallest absolute Gasteiger partial charge is 0.242 e. The molecular weight excluding hydrogens is 410 g/mol. The molecule has 0 bridgehead atoms. The van der Waals surface area contributed by atoms with E-state index < -0.39 is 5.41 Å². The van der Waals surface area contributed by atoms with E-state index in [1.54, 1.807) is 10.7 Å². The number of anilines is 1. The molecule has 1 aliphatic heterocycles. The number of benzene rings is 1. The first-order valence-electron chi connectivity index (χ1n) is 11.6. The highest BCUT2D eigenvalue weighted by molar-refractivity contribution is 6.25. The first-order valence-corrected chi connectivity index (χ1v) is 11.6. The minimum Gasteiger partial charge on any atom is -0.278 e. The third-order valence-corrected chi connectivity index (χ3v) is 7.02. The molecule has 1 fully saturated rings. The van der Waals surface area contributed by atoms with Crippen LogP contribution in [-0.4, -0.2) is 25.7 Å². The summed E-state index contributed by atoms with van der Waals surface area (Å²) in [6.45, 7) is 2.06. The molecule has 0 unspecified atom stereocenters. The molecule has 0 saturated heterocycles. The van der Waals surface area contributed by atoms with E-state index in [4.69, 9.17) is 4.98 Å². The fraction of sp³-hybridized carbons (Fsp3) is 0.259. The molecule has 1 spiro atoms. The highest BCUT2D eigenvalue weighted by Gasteiger charge is 2.55. The van der Waals surface area contributed by atoms with E-state index in [0.717, 1.165) is 65.8 Å². The van der Waals surface area contributed by atoms with Crippen molar-refractivity contribution in [3.63, 3.8) is 0 Å².